The van der Waals surface area contributed by atoms with Gasteiger partial charge in [-0.1, -0.05) is 0 Å². The van der Waals surface area contributed by atoms with Gasteiger partial charge in [-0.2, -0.15) is 0 Å². The highest BCUT2D eigenvalue weighted by atomic mass is 16.3. The molecule has 1 atom stereocenters. The van der Waals surface area contributed by atoms with E-state index >= 15 is 0 Å². The molecular formula is C13H21N3O. The van der Waals surface area contributed by atoms with Gasteiger partial charge in [0.15, 0.2) is 0 Å². The molecule has 94 valence electrons. The van der Waals surface area contributed by atoms with E-state index in [0.29, 0.717) is 12.5 Å². The molecule has 0 aromatic carbocycles. The first-order valence-corrected chi connectivity index (χ1v) is 6.29. The second-order valence-electron chi connectivity index (χ2n) is 4.72. The minimum atomic E-state index is 0.148. The summed E-state index contributed by atoms with van der Waals surface area (Å²) in [5.74, 6) is 0.570. The van der Waals surface area contributed by atoms with Crippen molar-refractivity contribution >= 4 is 5.69 Å². The highest BCUT2D eigenvalue weighted by Crippen LogP contribution is 2.25. The van der Waals surface area contributed by atoms with E-state index in [0.717, 1.165) is 12.2 Å². The van der Waals surface area contributed by atoms with Crippen LogP contribution in [0.2, 0.25) is 0 Å². The van der Waals surface area contributed by atoms with E-state index < -0.39 is 0 Å². The minimum Gasteiger partial charge on any atom is -0.395 e. The van der Waals surface area contributed by atoms with E-state index in [1.807, 2.05) is 12.3 Å². The fourth-order valence-corrected chi connectivity index (χ4v) is 2.36. The average Bonchev–Trinajstić information content (AvgIpc) is 2.37. The molecule has 1 aliphatic rings. The lowest BCUT2D eigenvalue weighted by Gasteiger charge is -2.29. The Labute approximate surface area is 103 Å². The van der Waals surface area contributed by atoms with Crippen LogP contribution in [0.25, 0.3) is 0 Å². The number of pyridine rings is 1. The van der Waals surface area contributed by atoms with Crippen molar-refractivity contribution in [3.63, 3.8) is 0 Å². The van der Waals surface area contributed by atoms with Crippen LogP contribution in [-0.2, 0) is 0 Å². The van der Waals surface area contributed by atoms with E-state index in [1.165, 1.54) is 25.1 Å². The van der Waals surface area contributed by atoms with Crippen molar-refractivity contribution in [2.24, 2.45) is 0 Å². The molecule has 1 fully saturated rings. The standard InChI is InChI=1S/C13H21N3O/c1-16-7-2-3-11(10-16)13-5-4-12(9-15-13)14-6-8-17/h4-5,9,11,14,17H,2-3,6-8,10H2,1H3/t11-/m0/s1. The zero-order valence-corrected chi connectivity index (χ0v) is 10.4. The summed E-state index contributed by atoms with van der Waals surface area (Å²) in [4.78, 5) is 6.89. The summed E-state index contributed by atoms with van der Waals surface area (Å²) in [6.07, 6.45) is 4.35. The summed E-state index contributed by atoms with van der Waals surface area (Å²) in [5, 5.41) is 11.8. The molecule has 0 radical (unpaired) electrons. The van der Waals surface area contributed by atoms with Gasteiger partial charge in [-0.15, -0.1) is 0 Å². The van der Waals surface area contributed by atoms with E-state index in [4.69, 9.17) is 5.11 Å². The SMILES string of the molecule is CN1CCC[C@H](c2ccc(NCCO)cn2)C1. The smallest absolute Gasteiger partial charge is 0.0604 e. The number of aliphatic hydroxyl groups is 1. The van der Waals surface area contributed by atoms with Crippen LogP contribution in [0.1, 0.15) is 24.5 Å². The van der Waals surface area contributed by atoms with Crippen LogP contribution in [0.15, 0.2) is 18.3 Å². The molecule has 1 aromatic heterocycles. The van der Waals surface area contributed by atoms with Crippen LogP contribution in [0, 0.1) is 0 Å². The van der Waals surface area contributed by atoms with Gasteiger partial charge in [0.1, 0.15) is 0 Å². The Kier molecular flexibility index (Phi) is 4.34. The van der Waals surface area contributed by atoms with E-state index in [9.17, 15) is 0 Å². The number of hydrogen-bond acceptors (Lipinski definition) is 4. The Hall–Kier alpha value is -1.13. The van der Waals surface area contributed by atoms with E-state index in [2.05, 4.69) is 28.3 Å². The second-order valence-corrected chi connectivity index (χ2v) is 4.72. The van der Waals surface area contributed by atoms with Crippen LogP contribution in [0.3, 0.4) is 0 Å². The number of anilines is 1. The zero-order valence-electron chi connectivity index (χ0n) is 10.4. The van der Waals surface area contributed by atoms with Crippen molar-refractivity contribution in [3.8, 4) is 0 Å². The number of nitrogens with one attached hydrogen (secondary N) is 1. The van der Waals surface area contributed by atoms with Gasteiger partial charge in [-0.05, 0) is 38.6 Å². The molecule has 2 N–H and O–H groups in total. The molecule has 1 aliphatic heterocycles. The number of piperidine rings is 1. The molecular weight excluding hydrogens is 214 g/mol. The minimum absolute atomic E-state index is 0.148. The highest BCUT2D eigenvalue weighted by Gasteiger charge is 2.19. The van der Waals surface area contributed by atoms with Gasteiger partial charge in [-0.3, -0.25) is 4.98 Å². The molecule has 17 heavy (non-hydrogen) atoms. The van der Waals surface area contributed by atoms with Gasteiger partial charge >= 0.3 is 0 Å². The topological polar surface area (TPSA) is 48.4 Å². The van der Waals surface area contributed by atoms with E-state index in [-0.39, 0.29) is 6.61 Å². The summed E-state index contributed by atoms with van der Waals surface area (Å²) in [7, 11) is 2.17. The van der Waals surface area contributed by atoms with Crippen molar-refractivity contribution in [2.75, 3.05) is 38.6 Å². The predicted octanol–water partition coefficient (Wildman–Crippen LogP) is 1.29. The second kappa shape index (κ2) is 5.98. The quantitative estimate of drug-likeness (QED) is 0.826. The number of hydrogen-bond donors (Lipinski definition) is 2. The molecule has 1 aromatic rings. The zero-order chi connectivity index (χ0) is 12.1. The summed E-state index contributed by atoms with van der Waals surface area (Å²) < 4.78 is 0. The maximum atomic E-state index is 8.73. The third-order valence-electron chi connectivity index (χ3n) is 3.27. The Morgan fingerprint density at radius 2 is 2.41 bits per heavy atom. The fraction of sp³-hybridized carbons (Fsp3) is 0.615. The third kappa shape index (κ3) is 3.41. The number of aromatic nitrogens is 1. The van der Waals surface area contributed by atoms with Crippen LogP contribution >= 0.6 is 0 Å². The summed E-state index contributed by atoms with van der Waals surface area (Å²) >= 11 is 0. The maximum absolute atomic E-state index is 8.73. The van der Waals surface area contributed by atoms with Crippen LogP contribution in [-0.4, -0.2) is 48.3 Å². The molecule has 2 heterocycles. The lowest BCUT2D eigenvalue weighted by molar-refractivity contribution is 0.248. The molecule has 0 amide bonds. The van der Waals surface area contributed by atoms with Gasteiger partial charge < -0.3 is 15.3 Å². The summed E-state index contributed by atoms with van der Waals surface area (Å²) in [6.45, 7) is 3.03. The van der Waals surface area contributed by atoms with Gasteiger partial charge in [0.2, 0.25) is 0 Å². The van der Waals surface area contributed by atoms with Gasteiger partial charge in [-0.25, -0.2) is 0 Å². The molecule has 0 unspecified atom stereocenters. The first-order valence-electron chi connectivity index (χ1n) is 6.29. The first-order chi connectivity index (χ1) is 8.29. The van der Waals surface area contributed by atoms with Gasteiger partial charge in [0.05, 0.1) is 18.5 Å². The van der Waals surface area contributed by atoms with Crippen molar-refractivity contribution in [2.45, 2.75) is 18.8 Å². The molecule has 4 heteroatoms. The normalized spacial score (nSPS) is 21.4. The molecule has 1 saturated heterocycles. The lowest BCUT2D eigenvalue weighted by Crippen LogP contribution is -2.31. The average molecular weight is 235 g/mol. The third-order valence-corrected chi connectivity index (χ3v) is 3.27. The fourth-order valence-electron chi connectivity index (χ4n) is 2.36. The molecule has 2 rings (SSSR count). The molecule has 0 saturated carbocycles. The van der Waals surface area contributed by atoms with Crippen LogP contribution in [0.4, 0.5) is 5.69 Å². The Morgan fingerprint density at radius 1 is 1.53 bits per heavy atom. The number of likely N-dealkylation sites (tertiary alicyclic amines) is 1. The number of rotatable bonds is 4. The molecule has 0 bridgehead atoms. The highest BCUT2D eigenvalue weighted by molar-refractivity contribution is 5.41. The van der Waals surface area contributed by atoms with Gasteiger partial charge in [0.25, 0.3) is 0 Å². The first kappa shape index (κ1) is 12.3. The molecule has 4 nitrogen and oxygen atoms in total. The Balaban J connectivity index is 1.96. The maximum Gasteiger partial charge on any atom is 0.0604 e. The number of aliphatic hydroxyl groups excluding tert-OH is 1. The van der Waals surface area contributed by atoms with Crippen molar-refractivity contribution < 1.29 is 5.11 Å². The predicted molar refractivity (Wildman–Crippen MR) is 69.3 cm³/mol. The van der Waals surface area contributed by atoms with Crippen LogP contribution in [0.5, 0.6) is 0 Å². The van der Waals surface area contributed by atoms with E-state index in [1.54, 1.807) is 0 Å². The van der Waals surface area contributed by atoms with Gasteiger partial charge in [0, 0.05) is 24.7 Å². The number of likely N-dealkylation sites (N-methyl/N-ethyl adjacent to an activating group) is 1. The molecule has 0 spiro atoms. The van der Waals surface area contributed by atoms with Crippen molar-refractivity contribution in [3.05, 3.63) is 24.0 Å². The molecule has 0 aliphatic carbocycles. The monoisotopic (exact) mass is 235 g/mol. The van der Waals surface area contributed by atoms with Crippen molar-refractivity contribution in [1.82, 2.24) is 9.88 Å². The Morgan fingerprint density at radius 3 is 3.06 bits per heavy atom. The lowest BCUT2D eigenvalue weighted by atomic mass is 9.94. The summed E-state index contributed by atoms with van der Waals surface area (Å²) in [6, 6.07) is 4.15. The summed E-state index contributed by atoms with van der Waals surface area (Å²) in [5.41, 5.74) is 2.16. The Bertz CT molecular complexity index is 339. The van der Waals surface area contributed by atoms with Crippen LogP contribution < -0.4 is 5.32 Å². The number of nitrogens with zero attached hydrogens (tertiary/aromatic N) is 2. The largest absolute Gasteiger partial charge is 0.395 e. The van der Waals surface area contributed by atoms with Crippen molar-refractivity contribution in [1.29, 1.82) is 0 Å².